The predicted molar refractivity (Wildman–Crippen MR) is 85.0 cm³/mol. The standard InChI is InChI=1S/C16H20NO3P/c1-17(2)13-21(18,16-7-5-4-6-8-16)20-15-11-9-14(19-3)10-12-15/h4-12H,13H2,1-3H3/p+1. The summed E-state index contributed by atoms with van der Waals surface area (Å²) in [7, 11) is 2.59. The quantitative estimate of drug-likeness (QED) is 0.827. The number of quaternary nitrogens is 1. The molecule has 0 heterocycles. The molecule has 2 rings (SSSR count). The summed E-state index contributed by atoms with van der Waals surface area (Å²) in [6, 6.07) is 16.5. The molecule has 0 fully saturated rings. The first kappa shape index (κ1) is 15.6. The SMILES string of the molecule is COc1ccc(OP(=O)(C[NH+](C)C)c2ccccc2)cc1. The highest BCUT2D eigenvalue weighted by Gasteiger charge is 2.30. The number of nitrogens with one attached hydrogen (secondary N) is 1. The van der Waals surface area contributed by atoms with E-state index in [4.69, 9.17) is 9.26 Å². The molecule has 0 aliphatic heterocycles. The van der Waals surface area contributed by atoms with Gasteiger partial charge < -0.3 is 14.2 Å². The van der Waals surface area contributed by atoms with Gasteiger partial charge in [-0.1, -0.05) is 18.2 Å². The van der Waals surface area contributed by atoms with Crippen LogP contribution in [-0.4, -0.2) is 27.5 Å². The second-order valence-corrected chi connectivity index (χ2v) is 7.50. The summed E-state index contributed by atoms with van der Waals surface area (Å²) in [5.41, 5.74) is 0. The van der Waals surface area contributed by atoms with E-state index < -0.39 is 7.37 Å². The third-order valence-electron chi connectivity index (χ3n) is 2.99. The van der Waals surface area contributed by atoms with Crippen LogP contribution in [0.15, 0.2) is 54.6 Å². The van der Waals surface area contributed by atoms with Crippen molar-refractivity contribution >= 4 is 12.7 Å². The Kier molecular flexibility index (Phi) is 5.05. The van der Waals surface area contributed by atoms with Gasteiger partial charge in [-0.2, -0.15) is 0 Å². The largest absolute Gasteiger partial charge is 0.497 e. The van der Waals surface area contributed by atoms with Gasteiger partial charge >= 0.3 is 7.37 Å². The average molecular weight is 306 g/mol. The van der Waals surface area contributed by atoms with Crippen molar-refractivity contribution in [3.63, 3.8) is 0 Å². The van der Waals surface area contributed by atoms with Crippen molar-refractivity contribution in [1.29, 1.82) is 0 Å². The minimum atomic E-state index is -2.95. The third-order valence-corrected chi connectivity index (χ3v) is 5.63. The molecule has 5 heteroatoms. The lowest BCUT2D eigenvalue weighted by molar-refractivity contribution is -0.845. The lowest BCUT2D eigenvalue weighted by Crippen LogP contribution is -3.05. The van der Waals surface area contributed by atoms with Crippen molar-refractivity contribution < 1.29 is 18.7 Å². The van der Waals surface area contributed by atoms with Gasteiger partial charge in [-0.3, -0.25) is 4.57 Å². The molecule has 0 saturated heterocycles. The summed E-state index contributed by atoms with van der Waals surface area (Å²) < 4.78 is 24.3. The van der Waals surface area contributed by atoms with E-state index in [0.717, 1.165) is 16.0 Å². The van der Waals surface area contributed by atoms with Gasteiger partial charge in [-0.15, -0.1) is 0 Å². The summed E-state index contributed by atoms with van der Waals surface area (Å²) in [5, 5.41) is 0.738. The molecular weight excluding hydrogens is 285 g/mol. The van der Waals surface area contributed by atoms with Gasteiger partial charge in [0.2, 0.25) is 0 Å². The van der Waals surface area contributed by atoms with E-state index in [1.54, 1.807) is 31.4 Å². The number of ether oxygens (including phenoxy) is 1. The molecule has 2 aromatic rings. The van der Waals surface area contributed by atoms with Crippen LogP contribution >= 0.6 is 7.37 Å². The molecule has 0 saturated carbocycles. The Hall–Kier alpha value is -1.77. The van der Waals surface area contributed by atoms with Crippen LogP contribution in [0, 0.1) is 0 Å². The smallest absolute Gasteiger partial charge is 0.329 e. The number of rotatable bonds is 6. The van der Waals surface area contributed by atoms with E-state index in [1.807, 2.05) is 44.4 Å². The molecule has 0 aromatic heterocycles. The van der Waals surface area contributed by atoms with Gasteiger partial charge in [0.05, 0.1) is 26.5 Å². The van der Waals surface area contributed by atoms with Crippen molar-refractivity contribution in [2.45, 2.75) is 0 Å². The van der Waals surface area contributed by atoms with Crippen molar-refractivity contribution in [3.05, 3.63) is 54.6 Å². The summed E-state index contributed by atoms with van der Waals surface area (Å²) in [4.78, 5) is 1.08. The van der Waals surface area contributed by atoms with Crippen molar-refractivity contribution in [1.82, 2.24) is 0 Å². The maximum Gasteiger partial charge on any atom is 0.329 e. The molecule has 1 unspecified atom stereocenters. The Labute approximate surface area is 125 Å². The first-order valence-corrected chi connectivity index (χ1v) is 8.62. The van der Waals surface area contributed by atoms with E-state index in [-0.39, 0.29) is 0 Å². The van der Waals surface area contributed by atoms with Gasteiger partial charge in [-0.25, -0.2) is 0 Å². The highest BCUT2D eigenvalue weighted by atomic mass is 31.2. The summed E-state index contributed by atoms with van der Waals surface area (Å²) in [5.74, 6) is 1.33. The Morgan fingerprint density at radius 3 is 2.05 bits per heavy atom. The molecule has 2 aromatic carbocycles. The van der Waals surface area contributed by atoms with E-state index in [2.05, 4.69) is 0 Å². The topological polar surface area (TPSA) is 40.0 Å². The number of benzene rings is 2. The zero-order valence-electron chi connectivity index (χ0n) is 12.6. The second-order valence-electron chi connectivity index (χ2n) is 5.14. The lowest BCUT2D eigenvalue weighted by Gasteiger charge is -2.21. The summed E-state index contributed by atoms with van der Waals surface area (Å²) >= 11 is 0. The van der Waals surface area contributed by atoms with Gasteiger partial charge in [0.15, 0.2) is 6.29 Å². The zero-order valence-corrected chi connectivity index (χ0v) is 13.5. The van der Waals surface area contributed by atoms with E-state index in [1.165, 1.54) is 0 Å². The van der Waals surface area contributed by atoms with Crippen LogP contribution in [0.3, 0.4) is 0 Å². The molecule has 1 N–H and O–H groups in total. The highest BCUT2D eigenvalue weighted by Crippen LogP contribution is 2.44. The lowest BCUT2D eigenvalue weighted by atomic mass is 10.3. The first-order valence-electron chi connectivity index (χ1n) is 6.81. The van der Waals surface area contributed by atoms with Crippen LogP contribution in [0.5, 0.6) is 11.5 Å². The molecular formula is C16H21NO3P+. The normalized spacial score (nSPS) is 13.7. The van der Waals surface area contributed by atoms with Gasteiger partial charge in [0, 0.05) is 0 Å². The monoisotopic (exact) mass is 306 g/mol. The molecule has 0 aliphatic carbocycles. The Morgan fingerprint density at radius 1 is 0.952 bits per heavy atom. The minimum Gasteiger partial charge on any atom is -0.497 e. The fourth-order valence-electron chi connectivity index (χ4n) is 2.05. The fourth-order valence-corrected chi connectivity index (χ4v) is 4.33. The summed E-state index contributed by atoms with van der Waals surface area (Å²) in [6.07, 6.45) is 0.434. The van der Waals surface area contributed by atoms with Crippen LogP contribution < -0.4 is 19.5 Å². The second kappa shape index (κ2) is 6.79. The van der Waals surface area contributed by atoms with Crippen molar-refractivity contribution in [3.8, 4) is 11.5 Å². The van der Waals surface area contributed by atoms with E-state index >= 15 is 0 Å². The Morgan fingerprint density at radius 2 is 1.52 bits per heavy atom. The van der Waals surface area contributed by atoms with E-state index in [9.17, 15) is 4.57 Å². The number of hydrogen-bond donors (Lipinski definition) is 1. The molecule has 112 valence electrons. The van der Waals surface area contributed by atoms with Gasteiger partial charge in [-0.05, 0) is 36.4 Å². The van der Waals surface area contributed by atoms with Crippen LogP contribution in [-0.2, 0) is 4.57 Å². The molecule has 21 heavy (non-hydrogen) atoms. The summed E-state index contributed by atoms with van der Waals surface area (Å²) in [6.45, 7) is 0. The number of hydrogen-bond acceptors (Lipinski definition) is 3. The number of methoxy groups -OCH3 is 1. The third kappa shape index (κ3) is 4.10. The van der Waals surface area contributed by atoms with Gasteiger partial charge in [0.25, 0.3) is 0 Å². The Balaban J connectivity index is 2.30. The molecule has 0 amide bonds. The van der Waals surface area contributed by atoms with Crippen LogP contribution in [0.4, 0.5) is 0 Å². The predicted octanol–water partition coefficient (Wildman–Crippen LogP) is 1.78. The maximum atomic E-state index is 13.3. The molecule has 0 spiro atoms. The highest BCUT2D eigenvalue weighted by molar-refractivity contribution is 7.67. The Bertz CT molecular complexity index is 611. The van der Waals surface area contributed by atoms with Crippen molar-refractivity contribution in [2.24, 2.45) is 0 Å². The molecule has 4 nitrogen and oxygen atoms in total. The molecule has 0 aliphatic rings. The molecule has 1 atom stereocenters. The minimum absolute atomic E-state index is 0.434. The van der Waals surface area contributed by atoms with Crippen LogP contribution in [0.1, 0.15) is 0 Å². The maximum absolute atomic E-state index is 13.3. The van der Waals surface area contributed by atoms with Gasteiger partial charge in [0.1, 0.15) is 11.5 Å². The zero-order chi connectivity index (χ0) is 15.3. The fraction of sp³-hybridized carbons (Fsp3) is 0.250. The van der Waals surface area contributed by atoms with E-state index in [0.29, 0.717) is 12.0 Å². The molecule has 0 radical (unpaired) electrons. The first-order chi connectivity index (χ1) is 10.0. The molecule has 0 bridgehead atoms. The van der Waals surface area contributed by atoms with Crippen LogP contribution in [0.2, 0.25) is 0 Å². The van der Waals surface area contributed by atoms with Crippen molar-refractivity contribution in [2.75, 3.05) is 27.5 Å². The average Bonchev–Trinajstić information content (AvgIpc) is 2.48. The van der Waals surface area contributed by atoms with Crippen LogP contribution in [0.25, 0.3) is 0 Å².